The molecule has 0 aliphatic rings. The fraction of sp³-hybridized carbons (Fsp3) is 0.222. The van der Waals surface area contributed by atoms with E-state index < -0.39 is 6.16 Å². The maximum Gasteiger partial charge on any atom is 0.513 e. The van der Waals surface area contributed by atoms with Crippen LogP contribution in [0.2, 0.25) is 10.0 Å². The smallest absolute Gasteiger partial charge is 0.434 e. The first-order chi connectivity index (χ1) is 6.63. The highest BCUT2D eigenvalue weighted by atomic mass is 35.5. The highest BCUT2D eigenvalue weighted by Gasteiger charge is 2.06. The van der Waals surface area contributed by atoms with Crippen LogP contribution in [-0.4, -0.2) is 12.8 Å². The van der Waals surface area contributed by atoms with Crippen LogP contribution in [0.4, 0.5) is 4.79 Å². The van der Waals surface area contributed by atoms with Crippen LogP contribution in [0.25, 0.3) is 0 Å². The molecule has 0 radical (unpaired) electrons. The van der Waals surface area contributed by atoms with Crippen molar-refractivity contribution in [3.63, 3.8) is 0 Å². The molecule has 0 heterocycles. The van der Waals surface area contributed by atoms with Gasteiger partial charge in [0.1, 0.15) is 5.75 Å². The Bertz CT molecular complexity index is 339. The summed E-state index contributed by atoms with van der Waals surface area (Å²) in [6.45, 7) is 1.95. The molecule has 0 bridgehead atoms. The standard InChI is InChI=1S/C9H8Cl2O3/c1-2-13-9(12)14-6-3-4-7(10)8(11)5-6/h3-5H,2H2,1H3. The zero-order chi connectivity index (χ0) is 10.6. The molecule has 0 saturated carbocycles. The van der Waals surface area contributed by atoms with Crippen LogP contribution in [0, 0.1) is 0 Å². The van der Waals surface area contributed by atoms with Crippen LogP contribution >= 0.6 is 23.2 Å². The van der Waals surface area contributed by atoms with Crippen LogP contribution in [0.1, 0.15) is 6.92 Å². The third-order valence-electron chi connectivity index (χ3n) is 1.35. The summed E-state index contributed by atoms with van der Waals surface area (Å²) in [6, 6.07) is 4.52. The minimum absolute atomic E-state index is 0.264. The molecule has 0 unspecified atom stereocenters. The summed E-state index contributed by atoms with van der Waals surface area (Å²) >= 11 is 11.4. The number of carbonyl (C=O) groups excluding carboxylic acids is 1. The van der Waals surface area contributed by atoms with Crippen LogP contribution in [-0.2, 0) is 4.74 Å². The summed E-state index contributed by atoms with van der Waals surface area (Å²) in [5, 5.41) is 0.733. The molecule has 76 valence electrons. The predicted octanol–water partition coefficient (Wildman–Crippen LogP) is 3.53. The van der Waals surface area contributed by atoms with Gasteiger partial charge in [-0.25, -0.2) is 4.79 Å². The fourth-order valence-electron chi connectivity index (χ4n) is 0.784. The SMILES string of the molecule is CCOC(=O)Oc1ccc(Cl)c(Cl)c1. The van der Waals surface area contributed by atoms with E-state index in [1.807, 2.05) is 0 Å². The molecule has 14 heavy (non-hydrogen) atoms. The average molecular weight is 235 g/mol. The molecule has 0 atom stereocenters. The summed E-state index contributed by atoms with van der Waals surface area (Å²) in [6.07, 6.45) is -0.758. The molecule has 0 aliphatic carbocycles. The lowest BCUT2D eigenvalue weighted by Crippen LogP contribution is -2.09. The molecular weight excluding hydrogens is 227 g/mol. The number of hydrogen-bond acceptors (Lipinski definition) is 3. The van der Waals surface area contributed by atoms with Gasteiger partial charge in [0.05, 0.1) is 16.7 Å². The van der Waals surface area contributed by atoms with Gasteiger partial charge in [-0.15, -0.1) is 0 Å². The van der Waals surface area contributed by atoms with Crippen molar-refractivity contribution in [1.82, 2.24) is 0 Å². The molecule has 0 fully saturated rings. The fourth-order valence-corrected chi connectivity index (χ4v) is 1.07. The number of halogens is 2. The summed E-state index contributed by atoms with van der Waals surface area (Å²) < 4.78 is 9.37. The van der Waals surface area contributed by atoms with Crippen molar-refractivity contribution >= 4 is 29.4 Å². The molecule has 1 aromatic rings. The van der Waals surface area contributed by atoms with Gasteiger partial charge in [0.2, 0.25) is 0 Å². The summed E-state index contributed by atoms with van der Waals surface area (Å²) in [5.74, 6) is 0.304. The Morgan fingerprint density at radius 2 is 2.07 bits per heavy atom. The summed E-state index contributed by atoms with van der Waals surface area (Å²) in [4.78, 5) is 10.9. The minimum Gasteiger partial charge on any atom is -0.434 e. The van der Waals surface area contributed by atoms with E-state index in [2.05, 4.69) is 4.74 Å². The number of hydrogen-bond donors (Lipinski definition) is 0. The molecule has 0 spiro atoms. The molecule has 0 amide bonds. The first kappa shape index (κ1) is 11.1. The molecule has 0 aromatic heterocycles. The van der Waals surface area contributed by atoms with Crippen molar-refractivity contribution in [2.75, 3.05) is 6.61 Å². The third kappa shape index (κ3) is 3.09. The van der Waals surface area contributed by atoms with E-state index in [0.717, 1.165) is 0 Å². The Balaban J connectivity index is 2.68. The van der Waals surface area contributed by atoms with Crippen LogP contribution < -0.4 is 4.74 Å². The van der Waals surface area contributed by atoms with Crippen LogP contribution in [0.5, 0.6) is 5.75 Å². The van der Waals surface area contributed by atoms with E-state index in [4.69, 9.17) is 27.9 Å². The Morgan fingerprint density at radius 1 is 1.36 bits per heavy atom. The van der Waals surface area contributed by atoms with E-state index in [1.165, 1.54) is 12.1 Å². The second-order valence-corrected chi connectivity index (χ2v) is 3.18. The molecule has 0 aliphatic heterocycles. The number of benzene rings is 1. The van der Waals surface area contributed by atoms with Gasteiger partial charge in [-0.05, 0) is 19.1 Å². The largest absolute Gasteiger partial charge is 0.513 e. The highest BCUT2D eigenvalue weighted by Crippen LogP contribution is 2.26. The molecular formula is C9H8Cl2O3. The predicted molar refractivity (Wildman–Crippen MR) is 54.1 cm³/mol. The van der Waals surface area contributed by atoms with E-state index in [0.29, 0.717) is 15.8 Å². The van der Waals surface area contributed by atoms with Gasteiger partial charge in [0.15, 0.2) is 0 Å². The van der Waals surface area contributed by atoms with Crippen molar-refractivity contribution in [3.05, 3.63) is 28.2 Å². The lowest BCUT2D eigenvalue weighted by molar-refractivity contribution is 0.104. The molecule has 0 saturated heterocycles. The molecule has 1 aromatic carbocycles. The van der Waals surface area contributed by atoms with E-state index >= 15 is 0 Å². The van der Waals surface area contributed by atoms with Gasteiger partial charge in [0.25, 0.3) is 0 Å². The molecule has 5 heteroatoms. The van der Waals surface area contributed by atoms with Gasteiger partial charge in [-0.3, -0.25) is 0 Å². The second-order valence-electron chi connectivity index (χ2n) is 2.36. The van der Waals surface area contributed by atoms with Crippen molar-refractivity contribution in [2.45, 2.75) is 6.92 Å². The minimum atomic E-state index is -0.758. The monoisotopic (exact) mass is 234 g/mol. The summed E-state index contributed by atoms with van der Waals surface area (Å²) in [7, 11) is 0. The third-order valence-corrected chi connectivity index (χ3v) is 2.09. The Hall–Kier alpha value is -0.930. The lowest BCUT2D eigenvalue weighted by Gasteiger charge is -2.04. The van der Waals surface area contributed by atoms with Gasteiger partial charge in [0, 0.05) is 6.07 Å². The van der Waals surface area contributed by atoms with Crippen molar-refractivity contribution < 1.29 is 14.3 Å². The van der Waals surface area contributed by atoms with Crippen molar-refractivity contribution in [3.8, 4) is 5.75 Å². The average Bonchev–Trinajstić information content (AvgIpc) is 2.12. The first-order valence-electron chi connectivity index (χ1n) is 3.93. The van der Waals surface area contributed by atoms with Gasteiger partial charge in [-0.2, -0.15) is 0 Å². The molecule has 1 rings (SSSR count). The Morgan fingerprint density at radius 3 is 2.64 bits per heavy atom. The maximum atomic E-state index is 10.9. The molecule has 0 N–H and O–H groups in total. The van der Waals surface area contributed by atoms with E-state index in [9.17, 15) is 4.79 Å². The number of carbonyl (C=O) groups is 1. The van der Waals surface area contributed by atoms with Crippen LogP contribution in [0.3, 0.4) is 0 Å². The van der Waals surface area contributed by atoms with Gasteiger partial charge in [-0.1, -0.05) is 23.2 Å². The lowest BCUT2D eigenvalue weighted by atomic mass is 10.3. The normalized spacial score (nSPS) is 9.64. The van der Waals surface area contributed by atoms with Crippen LogP contribution in [0.15, 0.2) is 18.2 Å². The van der Waals surface area contributed by atoms with Gasteiger partial charge >= 0.3 is 6.16 Å². The maximum absolute atomic E-state index is 10.9. The zero-order valence-corrected chi connectivity index (χ0v) is 8.93. The van der Waals surface area contributed by atoms with Gasteiger partial charge < -0.3 is 9.47 Å². The Labute approximate surface area is 91.5 Å². The number of rotatable bonds is 2. The topological polar surface area (TPSA) is 35.5 Å². The highest BCUT2D eigenvalue weighted by molar-refractivity contribution is 6.42. The summed E-state index contributed by atoms with van der Waals surface area (Å²) in [5.41, 5.74) is 0. The molecule has 3 nitrogen and oxygen atoms in total. The van der Waals surface area contributed by atoms with E-state index in [-0.39, 0.29) is 6.61 Å². The Kier molecular flexibility index (Phi) is 4.04. The quantitative estimate of drug-likeness (QED) is 0.581. The van der Waals surface area contributed by atoms with Crippen molar-refractivity contribution in [2.24, 2.45) is 0 Å². The second kappa shape index (κ2) is 5.08. The van der Waals surface area contributed by atoms with Crippen molar-refractivity contribution in [1.29, 1.82) is 0 Å². The number of ether oxygens (including phenoxy) is 2. The first-order valence-corrected chi connectivity index (χ1v) is 4.68. The zero-order valence-electron chi connectivity index (χ0n) is 7.42. The van der Waals surface area contributed by atoms with E-state index in [1.54, 1.807) is 13.0 Å².